The molecule has 0 atom stereocenters. The second kappa shape index (κ2) is 6.68. The standard InChI is InChI=1S/C18H32N2O/c1-2-18(10-12-19-13-11-18)17(21)20(16-8-9-16)14-15-6-4-3-5-7-15/h15-16,19H,2-14H2,1H3. The first-order chi connectivity index (χ1) is 10.2. The fourth-order valence-electron chi connectivity index (χ4n) is 4.36. The van der Waals surface area contributed by atoms with Crippen molar-refractivity contribution >= 4 is 5.91 Å². The zero-order chi connectivity index (χ0) is 14.7. The van der Waals surface area contributed by atoms with Gasteiger partial charge in [0, 0.05) is 12.6 Å². The number of carbonyl (C=O) groups excluding carboxylic acids is 1. The van der Waals surface area contributed by atoms with Gasteiger partial charge in [-0.05, 0) is 64.0 Å². The van der Waals surface area contributed by atoms with Crippen molar-refractivity contribution < 1.29 is 4.79 Å². The Morgan fingerprint density at radius 1 is 1.10 bits per heavy atom. The van der Waals surface area contributed by atoms with Gasteiger partial charge in [0.25, 0.3) is 0 Å². The Bertz CT molecular complexity index is 352. The van der Waals surface area contributed by atoms with Crippen LogP contribution in [0.1, 0.15) is 71.1 Å². The van der Waals surface area contributed by atoms with Crippen molar-refractivity contribution in [3.63, 3.8) is 0 Å². The normalized spacial score (nSPS) is 26.5. The molecule has 0 radical (unpaired) electrons. The highest BCUT2D eigenvalue weighted by atomic mass is 16.2. The molecule has 1 N–H and O–H groups in total. The molecule has 21 heavy (non-hydrogen) atoms. The van der Waals surface area contributed by atoms with Crippen LogP contribution in [-0.2, 0) is 4.79 Å². The SMILES string of the molecule is CCC1(C(=O)N(CC2CCCCC2)C2CC2)CCNCC1. The van der Waals surface area contributed by atoms with Crippen LogP contribution in [0, 0.1) is 11.3 Å². The van der Waals surface area contributed by atoms with Gasteiger partial charge in [-0.2, -0.15) is 0 Å². The highest BCUT2D eigenvalue weighted by Gasteiger charge is 2.45. The van der Waals surface area contributed by atoms with Gasteiger partial charge >= 0.3 is 0 Å². The van der Waals surface area contributed by atoms with Gasteiger partial charge in [0.1, 0.15) is 0 Å². The van der Waals surface area contributed by atoms with E-state index in [0.29, 0.717) is 11.9 Å². The molecular formula is C18H32N2O. The van der Waals surface area contributed by atoms with Gasteiger partial charge in [0.15, 0.2) is 0 Å². The molecule has 1 saturated heterocycles. The molecule has 0 spiro atoms. The second-order valence-corrected chi connectivity index (χ2v) is 7.58. The fraction of sp³-hybridized carbons (Fsp3) is 0.944. The third-order valence-electron chi connectivity index (χ3n) is 6.12. The Hall–Kier alpha value is -0.570. The molecule has 0 aromatic heterocycles. The summed E-state index contributed by atoms with van der Waals surface area (Å²) < 4.78 is 0. The summed E-state index contributed by atoms with van der Waals surface area (Å²) in [6.07, 6.45) is 12.4. The first kappa shape index (κ1) is 15.3. The van der Waals surface area contributed by atoms with E-state index in [1.54, 1.807) is 0 Å². The third kappa shape index (κ3) is 3.44. The van der Waals surface area contributed by atoms with Gasteiger partial charge < -0.3 is 10.2 Å². The average molecular weight is 292 g/mol. The van der Waals surface area contributed by atoms with E-state index in [9.17, 15) is 4.79 Å². The Morgan fingerprint density at radius 3 is 2.33 bits per heavy atom. The molecule has 3 heteroatoms. The molecule has 3 nitrogen and oxygen atoms in total. The molecule has 0 aromatic rings. The van der Waals surface area contributed by atoms with Crippen LogP contribution in [0.15, 0.2) is 0 Å². The van der Waals surface area contributed by atoms with E-state index in [1.165, 1.54) is 44.9 Å². The summed E-state index contributed by atoms with van der Waals surface area (Å²) in [5.41, 5.74) is -0.0531. The lowest BCUT2D eigenvalue weighted by Gasteiger charge is -2.41. The van der Waals surface area contributed by atoms with Crippen LogP contribution >= 0.6 is 0 Å². The van der Waals surface area contributed by atoms with Crippen molar-refractivity contribution in [1.82, 2.24) is 10.2 Å². The number of nitrogens with zero attached hydrogens (tertiary/aromatic N) is 1. The molecule has 2 aliphatic carbocycles. The van der Waals surface area contributed by atoms with E-state index < -0.39 is 0 Å². The number of hydrogen-bond acceptors (Lipinski definition) is 2. The first-order valence-electron chi connectivity index (χ1n) is 9.27. The molecule has 1 aliphatic heterocycles. The van der Waals surface area contributed by atoms with Gasteiger partial charge in [-0.15, -0.1) is 0 Å². The lowest BCUT2D eigenvalue weighted by molar-refractivity contribution is -0.145. The fourth-order valence-corrected chi connectivity index (χ4v) is 4.36. The summed E-state index contributed by atoms with van der Waals surface area (Å²) in [6.45, 7) is 5.30. The molecule has 3 aliphatic rings. The van der Waals surface area contributed by atoms with Crippen LogP contribution in [0.4, 0.5) is 0 Å². The zero-order valence-electron chi connectivity index (χ0n) is 13.7. The van der Waals surface area contributed by atoms with E-state index in [4.69, 9.17) is 0 Å². The number of hydrogen-bond donors (Lipinski definition) is 1. The lowest BCUT2D eigenvalue weighted by Crippen LogP contribution is -2.51. The molecule has 1 amide bonds. The van der Waals surface area contributed by atoms with E-state index in [1.807, 2.05) is 0 Å². The zero-order valence-corrected chi connectivity index (χ0v) is 13.7. The average Bonchev–Trinajstić information content (AvgIpc) is 3.38. The summed E-state index contributed by atoms with van der Waals surface area (Å²) in [5, 5.41) is 3.42. The molecular weight excluding hydrogens is 260 g/mol. The maximum Gasteiger partial charge on any atom is 0.229 e. The minimum atomic E-state index is -0.0531. The highest BCUT2D eigenvalue weighted by molar-refractivity contribution is 5.83. The monoisotopic (exact) mass is 292 g/mol. The number of rotatable bonds is 5. The molecule has 0 aromatic carbocycles. The van der Waals surface area contributed by atoms with E-state index >= 15 is 0 Å². The van der Waals surface area contributed by atoms with E-state index in [-0.39, 0.29) is 5.41 Å². The molecule has 120 valence electrons. The highest BCUT2D eigenvalue weighted by Crippen LogP contribution is 2.39. The number of piperidine rings is 1. The summed E-state index contributed by atoms with van der Waals surface area (Å²) in [7, 11) is 0. The number of amides is 1. The minimum Gasteiger partial charge on any atom is -0.339 e. The van der Waals surface area contributed by atoms with Crippen molar-refractivity contribution in [2.75, 3.05) is 19.6 Å². The van der Waals surface area contributed by atoms with Crippen LogP contribution in [-0.4, -0.2) is 36.5 Å². The van der Waals surface area contributed by atoms with Gasteiger partial charge in [-0.3, -0.25) is 4.79 Å². The van der Waals surface area contributed by atoms with E-state index in [0.717, 1.165) is 44.8 Å². The molecule has 3 rings (SSSR count). The smallest absolute Gasteiger partial charge is 0.229 e. The van der Waals surface area contributed by atoms with Gasteiger partial charge in [0.05, 0.1) is 5.41 Å². The van der Waals surface area contributed by atoms with Crippen molar-refractivity contribution in [1.29, 1.82) is 0 Å². The minimum absolute atomic E-state index is 0.0531. The van der Waals surface area contributed by atoms with Crippen molar-refractivity contribution in [2.24, 2.45) is 11.3 Å². The molecule has 2 saturated carbocycles. The van der Waals surface area contributed by atoms with Crippen LogP contribution in [0.3, 0.4) is 0 Å². The van der Waals surface area contributed by atoms with E-state index in [2.05, 4.69) is 17.1 Å². The third-order valence-corrected chi connectivity index (χ3v) is 6.12. The Balaban J connectivity index is 1.68. The van der Waals surface area contributed by atoms with Gasteiger partial charge in [-0.1, -0.05) is 26.2 Å². The van der Waals surface area contributed by atoms with Crippen LogP contribution in [0.5, 0.6) is 0 Å². The molecule has 0 unspecified atom stereocenters. The van der Waals surface area contributed by atoms with Crippen LogP contribution in [0.25, 0.3) is 0 Å². The first-order valence-corrected chi connectivity index (χ1v) is 9.27. The maximum atomic E-state index is 13.3. The molecule has 0 bridgehead atoms. The summed E-state index contributed by atoms with van der Waals surface area (Å²) >= 11 is 0. The Labute approximate surface area is 129 Å². The predicted octanol–water partition coefficient (Wildman–Crippen LogP) is 3.34. The quantitative estimate of drug-likeness (QED) is 0.843. The van der Waals surface area contributed by atoms with Crippen LogP contribution < -0.4 is 5.32 Å². The largest absolute Gasteiger partial charge is 0.339 e. The van der Waals surface area contributed by atoms with Crippen LogP contribution in [0.2, 0.25) is 0 Å². The molecule has 3 fully saturated rings. The van der Waals surface area contributed by atoms with Crippen molar-refractivity contribution in [3.05, 3.63) is 0 Å². The van der Waals surface area contributed by atoms with Crippen molar-refractivity contribution in [2.45, 2.75) is 77.2 Å². The summed E-state index contributed by atoms with van der Waals surface area (Å²) in [5.74, 6) is 1.28. The Kier molecular flexibility index (Phi) is 4.88. The predicted molar refractivity (Wildman–Crippen MR) is 86.1 cm³/mol. The van der Waals surface area contributed by atoms with Gasteiger partial charge in [-0.25, -0.2) is 0 Å². The second-order valence-electron chi connectivity index (χ2n) is 7.58. The maximum absolute atomic E-state index is 13.3. The summed E-state index contributed by atoms with van der Waals surface area (Å²) in [6, 6.07) is 0.581. The number of nitrogens with one attached hydrogen (secondary N) is 1. The number of carbonyl (C=O) groups is 1. The Morgan fingerprint density at radius 2 is 1.76 bits per heavy atom. The van der Waals surface area contributed by atoms with Gasteiger partial charge in [0.2, 0.25) is 5.91 Å². The summed E-state index contributed by atoms with van der Waals surface area (Å²) in [4.78, 5) is 15.6. The molecule has 1 heterocycles. The van der Waals surface area contributed by atoms with Crippen molar-refractivity contribution in [3.8, 4) is 0 Å². The topological polar surface area (TPSA) is 32.3 Å². The lowest BCUT2D eigenvalue weighted by atomic mass is 9.75.